The van der Waals surface area contributed by atoms with Crippen LogP contribution in [0.1, 0.15) is 42.5 Å². The second-order valence-corrected chi connectivity index (χ2v) is 7.18. The quantitative estimate of drug-likeness (QED) is 0.783. The van der Waals surface area contributed by atoms with Crippen molar-refractivity contribution in [2.45, 2.75) is 38.1 Å². The summed E-state index contributed by atoms with van der Waals surface area (Å²) in [6.45, 7) is 0. The molecule has 4 aliphatic rings. The van der Waals surface area contributed by atoms with Crippen molar-refractivity contribution >= 4 is 5.91 Å². The summed E-state index contributed by atoms with van der Waals surface area (Å²) in [5.41, 5.74) is 0.105. The van der Waals surface area contributed by atoms with Crippen LogP contribution >= 0.6 is 0 Å². The minimum absolute atomic E-state index is 0.105. The fourth-order valence-electron chi connectivity index (χ4n) is 5.40. The number of nitrogens with zero attached hydrogens (tertiary/aromatic N) is 2. The molecule has 4 fully saturated rings. The van der Waals surface area contributed by atoms with Gasteiger partial charge < -0.3 is 4.90 Å². The van der Waals surface area contributed by atoms with Gasteiger partial charge in [-0.1, -0.05) is 0 Å². The Hall–Kier alpha value is -1.45. The number of hydrogen-bond acceptors (Lipinski definition) is 2. The zero-order valence-electron chi connectivity index (χ0n) is 12.3. The van der Waals surface area contributed by atoms with Crippen molar-refractivity contribution in [1.29, 1.82) is 0 Å². The number of carbonyl (C=O) groups excluding carboxylic acids is 1. The first-order valence-electron chi connectivity index (χ1n) is 8.01. The molecule has 1 amide bonds. The molecule has 3 nitrogen and oxygen atoms in total. The molecular formula is C17H21FN2O. The molecule has 112 valence electrons. The average molecular weight is 288 g/mol. The van der Waals surface area contributed by atoms with Gasteiger partial charge >= 0.3 is 0 Å². The van der Waals surface area contributed by atoms with Gasteiger partial charge in [0.15, 0.2) is 0 Å². The average Bonchev–Trinajstić information content (AvgIpc) is 2.45. The van der Waals surface area contributed by atoms with E-state index >= 15 is 0 Å². The number of carbonyl (C=O) groups is 1. The van der Waals surface area contributed by atoms with Crippen LogP contribution < -0.4 is 0 Å². The van der Waals surface area contributed by atoms with Gasteiger partial charge in [0, 0.05) is 19.3 Å². The molecule has 0 saturated heterocycles. The van der Waals surface area contributed by atoms with Gasteiger partial charge in [0.1, 0.15) is 0 Å². The van der Waals surface area contributed by atoms with Gasteiger partial charge in [-0.05, 0) is 67.9 Å². The minimum Gasteiger partial charge on any atom is -0.338 e. The van der Waals surface area contributed by atoms with Gasteiger partial charge in [0.05, 0.1) is 5.56 Å². The van der Waals surface area contributed by atoms with Crippen LogP contribution in [0.25, 0.3) is 0 Å². The highest BCUT2D eigenvalue weighted by Gasteiger charge is 2.50. The highest BCUT2D eigenvalue weighted by Crippen LogP contribution is 2.55. The molecule has 4 aliphatic carbocycles. The van der Waals surface area contributed by atoms with Crippen LogP contribution in [-0.2, 0) is 0 Å². The molecule has 1 aromatic rings. The topological polar surface area (TPSA) is 33.2 Å². The van der Waals surface area contributed by atoms with Crippen molar-refractivity contribution < 1.29 is 9.18 Å². The Morgan fingerprint density at radius 1 is 1.19 bits per heavy atom. The number of hydrogen-bond donors (Lipinski definition) is 0. The zero-order valence-corrected chi connectivity index (χ0v) is 12.3. The van der Waals surface area contributed by atoms with E-state index in [9.17, 15) is 9.18 Å². The smallest absolute Gasteiger partial charge is 0.258 e. The number of rotatable bonds is 2. The molecule has 0 unspecified atom stereocenters. The maximum absolute atomic E-state index is 13.8. The Bertz CT molecular complexity index is 546. The maximum atomic E-state index is 13.8. The molecule has 21 heavy (non-hydrogen) atoms. The minimum atomic E-state index is -0.654. The van der Waals surface area contributed by atoms with E-state index in [4.69, 9.17) is 0 Å². The molecule has 0 atom stereocenters. The van der Waals surface area contributed by atoms with E-state index in [1.54, 1.807) is 6.07 Å². The predicted molar refractivity (Wildman–Crippen MR) is 77.1 cm³/mol. The van der Waals surface area contributed by atoms with E-state index in [0.29, 0.717) is 17.9 Å². The molecule has 0 aromatic carbocycles. The molecular weight excluding hydrogens is 267 g/mol. The predicted octanol–water partition coefficient (Wildman–Crippen LogP) is 3.12. The van der Waals surface area contributed by atoms with E-state index in [0.717, 1.165) is 11.8 Å². The van der Waals surface area contributed by atoms with Crippen molar-refractivity contribution in [1.82, 2.24) is 9.88 Å². The monoisotopic (exact) mass is 288 g/mol. The Labute approximate surface area is 124 Å². The summed E-state index contributed by atoms with van der Waals surface area (Å²) in [5.74, 6) is 2.13. The molecule has 0 aliphatic heterocycles. The third-order valence-electron chi connectivity index (χ3n) is 5.93. The SMILES string of the molecule is CN(C(=O)c1cccnc1F)C1C2CC3CC(C2)CC1C3. The molecule has 4 bridgehead atoms. The van der Waals surface area contributed by atoms with Crippen molar-refractivity contribution in [2.24, 2.45) is 23.7 Å². The van der Waals surface area contributed by atoms with E-state index < -0.39 is 5.95 Å². The van der Waals surface area contributed by atoms with E-state index in [2.05, 4.69) is 4.98 Å². The molecule has 0 radical (unpaired) electrons. The lowest BCUT2D eigenvalue weighted by atomic mass is 9.54. The summed E-state index contributed by atoms with van der Waals surface area (Å²) in [7, 11) is 1.85. The van der Waals surface area contributed by atoms with Gasteiger partial charge in [-0.2, -0.15) is 4.39 Å². The highest BCUT2D eigenvalue weighted by atomic mass is 19.1. The van der Waals surface area contributed by atoms with Crippen LogP contribution in [-0.4, -0.2) is 28.9 Å². The van der Waals surface area contributed by atoms with Crippen LogP contribution in [0.2, 0.25) is 0 Å². The lowest BCUT2D eigenvalue weighted by molar-refractivity contribution is -0.0492. The Morgan fingerprint density at radius 3 is 2.38 bits per heavy atom. The Morgan fingerprint density at radius 2 is 1.81 bits per heavy atom. The van der Waals surface area contributed by atoms with Gasteiger partial charge in [-0.25, -0.2) is 4.98 Å². The fraction of sp³-hybridized carbons (Fsp3) is 0.647. The van der Waals surface area contributed by atoms with Gasteiger partial charge in [-0.3, -0.25) is 4.79 Å². The van der Waals surface area contributed by atoms with Crippen molar-refractivity contribution in [3.63, 3.8) is 0 Å². The summed E-state index contributed by atoms with van der Waals surface area (Å²) < 4.78 is 13.8. The first-order chi connectivity index (χ1) is 10.1. The number of amides is 1. The van der Waals surface area contributed by atoms with Crippen LogP contribution in [0.3, 0.4) is 0 Å². The molecule has 0 spiro atoms. The molecule has 1 aromatic heterocycles. The first kappa shape index (κ1) is 13.2. The van der Waals surface area contributed by atoms with E-state index in [-0.39, 0.29) is 11.5 Å². The number of pyridine rings is 1. The lowest BCUT2D eigenvalue weighted by Gasteiger charge is -2.56. The highest BCUT2D eigenvalue weighted by molar-refractivity contribution is 5.94. The number of aromatic nitrogens is 1. The van der Waals surface area contributed by atoms with E-state index in [1.165, 1.54) is 44.4 Å². The van der Waals surface area contributed by atoms with Crippen molar-refractivity contribution in [3.05, 3.63) is 29.8 Å². The van der Waals surface area contributed by atoms with Crippen LogP contribution in [0, 0.1) is 29.6 Å². The summed E-state index contributed by atoms with van der Waals surface area (Å²) in [4.78, 5) is 18.1. The van der Waals surface area contributed by atoms with Gasteiger partial charge in [0.2, 0.25) is 5.95 Å². The van der Waals surface area contributed by atoms with Gasteiger partial charge in [-0.15, -0.1) is 0 Å². The van der Waals surface area contributed by atoms with Gasteiger partial charge in [0.25, 0.3) is 5.91 Å². The zero-order chi connectivity index (χ0) is 14.6. The first-order valence-corrected chi connectivity index (χ1v) is 8.01. The summed E-state index contributed by atoms with van der Waals surface area (Å²) in [6.07, 6.45) is 7.80. The summed E-state index contributed by atoms with van der Waals surface area (Å²) in [6, 6.07) is 3.46. The van der Waals surface area contributed by atoms with E-state index in [1.807, 2.05) is 11.9 Å². The molecule has 4 heteroatoms. The van der Waals surface area contributed by atoms with Crippen LogP contribution in [0.15, 0.2) is 18.3 Å². The van der Waals surface area contributed by atoms with Crippen molar-refractivity contribution in [2.75, 3.05) is 7.05 Å². The third kappa shape index (κ3) is 2.07. The molecule has 1 heterocycles. The van der Waals surface area contributed by atoms with Crippen LogP contribution in [0.5, 0.6) is 0 Å². The second-order valence-electron chi connectivity index (χ2n) is 7.18. The Balaban J connectivity index is 1.59. The van der Waals surface area contributed by atoms with Crippen molar-refractivity contribution in [3.8, 4) is 0 Å². The molecule has 5 rings (SSSR count). The summed E-state index contributed by atoms with van der Waals surface area (Å²) >= 11 is 0. The largest absolute Gasteiger partial charge is 0.338 e. The summed E-state index contributed by atoms with van der Waals surface area (Å²) in [5, 5.41) is 0. The number of halogens is 1. The third-order valence-corrected chi connectivity index (χ3v) is 5.93. The van der Waals surface area contributed by atoms with Crippen LogP contribution in [0.4, 0.5) is 4.39 Å². The Kier molecular flexibility index (Phi) is 3.02. The molecule has 4 saturated carbocycles. The lowest BCUT2D eigenvalue weighted by Crippen LogP contribution is -2.56. The maximum Gasteiger partial charge on any atom is 0.258 e. The fourth-order valence-corrected chi connectivity index (χ4v) is 5.40. The normalized spacial score (nSPS) is 36.8. The molecule has 0 N–H and O–H groups in total. The standard InChI is InChI=1S/C17H21FN2O/c1-20(17(21)14-3-2-4-19-16(14)18)15-12-6-10-5-11(8-12)9-13(15)7-10/h2-4,10-13,15H,5-9H2,1H3. The second kappa shape index (κ2) is 4.79.